The second-order valence-corrected chi connectivity index (χ2v) is 5.83. The average molecular weight is 371 g/mol. The minimum atomic E-state index is -0.517. The predicted molar refractivity (Wildman–Crippen MR) is 108 cm³/mol. The second-order valence-electron chi connectivity index (χ2n) is 5.83. The van der Waals surface area contributed by atoms with Gasteiger partial charge >= 0.3 is 0 Å². The fourth-order valence-corrected chi connectivity index (χ4v) is 2.50. The number of benzene rings is 3. The number of hydrogen-bond acceptors (Lipinski definition) is 4. The van der Waals surface area contributed by atoms with E-state index in [0.29, 0.717) is 5.69 Å². The topological polar surface area (TPSA) is 84.3 Å². The van der Waals surface area contributed by atoms with Gasteiger partial charge in [0.2, 0.25) is 0 Å². The van der Waals surface area contributed by atoms with Crippen LogP contribution in [0.1, 0.15) is 15.9 Å². The van der Waals surface area contributed by atoms with Crippen molar-refractivity contribution in [1.29, 1.82) is 0 Å². The van der Waals surface area contributed by atoms with Crippen LogP contribution in [0.25, 0.3) is 0 Å². The maximum atomic E-state index is 12.3. The summed E-state index contributed by atoms with van der Waals surface area (Å²) >= 11 is 0. The van der Waals surface area contributed by atoms with Crippen molar-refractivity contribution in [1.82, 2.24) is 5.32 Å². The van der Waals surface area contributed by atoms with Gasteiger partial charge in [0.25, 0.3) is 11.6 Å². The zero-order valence-corrected chi connectivity index (χ0v) is 14.9. The summed E-state index contributed by atoms with van der Waals surface area (Å²) in [4.78, 5) is 23.2. The molecule has 0 atom stereocenters. The maximum absolute atomic E-state index is 12.3. The smallest absolute Gasteiger partial charge is 0.293 e. The van der Waals surface area contributed by atoms with E-state index in [1.165, 1.54) is 18.2 Å². The number of amides is 1. The first-order valence-electron chi connectivity index (χ1n) is 8.56. The van der Waals surface area contributed by atoms with Crippen molar-refractivity contribution in [2.24, 2.45) is 0 Å². The standard InChI is InChI=1S/C22H17N3O3/c26-22(23-15-7-10-17-8-3-1-4-9-17)18-13-14-20(21(16-18)25(27)28)24-19-11-5-2-6-12-19/h1-6,8-9,11-14,16,24H,15H2,(H,23,26). The number of nitro groups is 1. The molecular formula is C22H17N3O3. The highest BCUT2D eigenvalue weighted by molar-refractivity contribution is 5.96. The molecule has 0 aliphatic carbocycles. The van der Waals surface area contributed by atoms with Crippen molar-refractivity contribution in [2.45, 2.75) is 0 Å². The molecule has 28 heavy (non-hydrogen) atoms. The molecule has 0 bridgehead atoms. The number of para-hydroxylation sites is 1. The van der Waals surface area contributed by atoms with Gasteiger partial charge in [-0.2, -0.15) is 0 Å². The van der Waals surface area contributed by atoms with Crippen LogP contribution in [0.3, 0.4) is 0 Å². The molecule has 1 amide bonds. The zero-order chi connectivity index (χ0) is 19.8. The minimum absolute atomic E-state index is 0.144. The van der Waals surface area contributed by atoms with E-state index in [-0.39, 0.29) is 17.8 Å². The predicted octanol–water partition coefficient (Wildman–Crippen LogP) is 4.12. The molecular weight excluding hydrogens is 354 g/mol. The lowest BCUT2D eigenvalue weighted by Gasteiger charge is -2.08. The van der Waals surface area contributed by atoms with E-state index in [4.69, 9.17) is 0 Å². The van der Waals surface area contributed by atoms with E-state index in [1.807, 2.05) is 48.5 Å². The average Bonchev–Trinajstić information content (AvgIpc) is 2.72. The molecule has 0 spiro atoms. The van der Waals surface area contributed by atoms with E-state index in [9.17, 15) is 14.9 Å². The van der Waals surface area contributed by atoms with Gasteiger partial charge in [0.05, 0.1) is 11.5 Å². The van der Waals surface area contributed by atoms with Gasteiger partial charge in [-0.05, 0) is 36.4 Å². The molecule has 3 aromatic carbocycles. The van der Waals surface area contributed by atoms with E-state index in [1.54, 1.807) is 12.1 Å². The third kappa shape index (κ3) is 4.96. The van der Waals surface area contributed by atoms with Gasteiger partial charge in [0.1, 0.15) is 5.69 Å². The molecule has 0 radical (unpaired) electrons. The lowest BCUT2D eigenvalue weighted by atomic mass is 10.1. The van der Waals surface area contributed by atoms with Crippen LogP contribution >= 0.6 is 0 Å². The molecule has 0 heterocycles. The first kappa shape index (κ1) is 18.7. The highest BCUT2D eigenvalue weighted by Crippen LogP contribution is 2.28. The van der Waals surface area contributed by atoms with Gasteiger partial charge < -0.3 is 10.6 Å². The maximum Gasteiger partial charge on any atom is 0.293 e. The third-order valence-corrected chi connectivity index (χ3v) is 3.85. The van der Waals surface area contributed by atoms with E-state index < -0.39 is 10.8 Å². The summed E-state index contributed by atoms with van der Waals surface area (Å²) in [7, 11) is 0. The van der Waals surface area contributed by atoms with E-state index in [0.717, 1.165) is 11.3 Å². The Hall–Kier alpha value is -4.11. The first-order chi connectivity index (χ1) is 13.6. The number of rotatable bonds is 5. The summed E-state index contributed by atoms with van der Waals surface area (Å²) < 4.78 is 0. The van der Waals surface area contributed by atoms with Crippen molar-refractivity contribution >= 4 is 23.0 Å². The van der Waals surface area contributed by atoms with Crippen molar-refractivity contribution < 1.29 is 9.72 Å². The number of nitro benzene ring substituents is 1. The number of nitrogens with zero attached hydrogens (tertiary/aromatic N) is 1. The summed E-state index contributed by atoms with van der Waals surface area (Å²) in [5.41, 5.74) is 1.91. The summed E-state index contributed by atoms with van der Waals surface area (Å²) in [6.45, 7) is 0.144. The quantitative estimate of drug-likeness (QED) is 0.401. The molecule has 0 unspecified atom stereocenters. The third-order valence-electron chi connectivity index (χ3n) is 3.85. The fraction of sp³-hybridized carbons (Fsp3) is 0.0455. The number of hydrogen-bond donors (Lipinski definition) is 2. The normalized spacial score (nSPS) is 9.71. The number of nitrogens with one attached hydrogen (secondary N) is 2. The van der Waals surface area contributed by atoms with Crippen molar-refractivity contribution in [3.8, 4) is 11.8 Å². The Balaban J connectivity index is 1.70. The summed E-state index contributed by atoms with van der Waals surface area (Å²) in [6, 6.07) is 22.8. The Kier molecular flexibility index (Phi) is 6.01. The summed E-state index contributed by atoms with van der Waals surface area (Å²) in [6.07, 6.45) is 0. The van der Waals surface area contributed by atoms with Crippen LogP contribution in [-0.4, -0.2) is 17.4 Å². The first-order valence-corrected chi connectivity index (χ1v) is 8.56. The van der Waals surface area contributed by atoms with Crippen LogP contribution in [0, 0.1) is 22.0 Å². The Morgan fingerprint density at radius 1 is 0.964 bits per heavy atom. The SMILES string of the molecule is O=C(NCC#Cc1ccccc1)c1ccc(Nc2ccccc2)c([N+](=O)[O-])c1. The van der Waals surface area contributed by atoms with Crippen molar-refractivity contribution in [2.75, 3.05) is 11.9 Å². The van der Waals surface area contributed by atoms with Crippen LogP contribution in [0.5, 0.6) is 0 Å². The van der Waals surface area contributed by atoms with Gasteiger partial charge in [-0.3, -0.25) is 14.9 Å². The van der Waals surface area contributed by atoms with Crippen LogP contribution < -0.4 is 10.6 Å². The van der Waals surface area contributed by atoms with Crippen molar-refractivity contribution in [3.05, 3.63) is 100 Å². The molecule has 0 aliphatic rings. The molecule has 0 aliphatic heterocycles. The molecule has 6 heteroatoms. The number of carbonyl (C=O) groups is 1. The fourth-order valence-electron chi connectivity index (χ4n) is 2.50. The lowest BCUT2D eigenvalue weighted by Crippen LogP contribution is -2.23. The monoisotopic (exact) mass is 371 g/mol. The zero-order valence-electron chi connectivity index (χ0n) is 14.9. The van der Waals surface area contributed by atoms with Gasteiger partial charge in [-0.15, -0.1) is 0 Å². The van der Waals surface area contributed by atoms with E-state index >= 15 is 0 Å². The highest BCUT2D eigenvalue weighted by Gasteiger charge is 2.17. The summed E-state index contributed by atoms with van der Waals surface area (Å²) in [5, 5.41) is 17.1. The molecule has 138 valence electrons. The number of anilines is 2. The Morgan fingerprint density at radius 2 is 1.64 bits per heavy atom. The number of carbonyl (C=O) groups excluding carboxylic acids is 1. The van der Waals surface area contributed by atoms with Crippen LogP contribution in [-0.2, 0) is 0 Å². The van der Waals surface area contributed by atoms with Crippen molar-refractivity contribution in [3.63, 3.8) is 0 Å². The van der Waals surface area contributed by atoms with Gasteiger partial charge in [-0.25, -0.2) is 0 Å². The Bertz CT molecular complexity index is 1040. The molecule has 3 aromatic rings. The molecule has 0 fully saturated rings. The highest BCUT2D eigenvalue weighted by atomic mass is 16.6. The van der Waals surface area contributed by atoms with Crippen LogP contribution in [0.2, 0.25) is 0 Å². The van der Waals surface area contributed by atoms with Gasteiger partial charge in [0, 0.05) is 22.9 Å². The van der Waals surface area contributed by atoms with Crippen LogP contribution in [0.4, 0.5) is 17.1 Å². The lowest BCUT2D eigenvalue weighted by molar-refractivity contribution is -0.383. The van der Waals surface area contributed by atoms with E-state index in [2.05, 4.69) is 22.5 Å². The minimum Gasteiger partial charge on any atom is -0.350 e. The molecule has 0 aromatic heterocycles. The molecule has 2 N–H and O–H groups in total. The summed E-state index contributed by atoms with van der Waals surface area (Å²) in [5.74, 6) is 5.37. The molecule has 0 saturated heterocycles. The second kappa shape index (κ2) is 9.01. The molecule has 6 nitrogen and oxygen atoms in total. The van der Waals surface area contributed by atoms with Gasteiger partial charge in [-0.1, -0.05) is 48.2 Å². The molecule has 3 rings (SSSR count). The van der Waals surface area contributed by atoms with Gasteiger partial charge in [0.15, 0.2) is 0 Å². The largest absolute Gasteiger partial charge is 0.350 e. The molecule has 0 saturated carbocycles. The van der Waals surface area contributed by atoms with Crippen LogP contribution in [0.15, 0.2) is 78.9 Å². The Morgan fingerprint density at radius 3 is 2.32 bits per heavy atom. The Labute approximate surface area is 162 Å².